The average Bonchev–Trinajstić information content (AvgIpc) is 3.80. The number of aliphatic imine (C=N–C) groups is 1. The molecule has 1 saturated heterocycles. The summed E-state index contributed by atoms with van der Waals surface area (Å²) in [6.07, 6.45) is 10.3. The highest BCUT2D eigenvalue weighted by Gasteiger charge is 2.22. The highest BCUT2D eigenvalue weighted by Crippen LogP contribution is 2.36. The highest BCUT2D eigenvalue weighted by molar-refractivity contribution is 6.16. The van der Waals surface area contributed by atoms with Gasteiger partial charge in [0.05, 0.1) is 37.0 Å². The number of ether oxygens (including phenoxy) is 6. The number of rotatable bonds is 17. The van der Waals surface area contributed by atoms with Crippen LogP contribution in [0.4, 0.5) is 5.69 Å². The first-order valence-electron chi connectivity index (χ1n) is 21.4. The lowest BCUT2D eigenvalue weighted by atomic mass is 9.92. The Bertz CT molecular complexity index is 2280. The Morgan fingerprint density at radius 3 is 2.12 bits per heavy atom. The van der Waals surface area contributed by atoms with E-state index in [0.29, 0.717) is 46.4 Å². The first-order valence-corrected chi connectivity index (χ1v) is 21.4. The summed E-state index contributed by atoms with van der Waals surface area (Å²) in [6.45, 7) is 16.2. The molecule has 0 spiro atoms. The van der Waals surface area contributed by atoms with E-state index in [9.17, 15) is 14.4 Å². The molecule has 1 N–H and O–H groups in total. The number of fused-ring (bicyclic) bond motifs is 1. The van der Waals surface area contributed by atoms with E-state index in [1.165, 1.54) is 0 Å². The third-order valence-corrected chi connectivity index (χ3v) is 9.23. The Morgan fingerprint density at radius 2 is 1.51 bits per heavy atom. The molecule has 13 nitrogen and oxygen atoms in total. The number of para-hydroxylation sites is 1. The van der Waals surface area contributed by atoms with E-state index in [1.807, 2.05) is 114 Å². The van der Waals surface area contributed by atoms with Gasteiger partial charge in [-0.15, -0.1) is 6.58 Å². The molecule has 1 aliphatic rings. The molecular formula is C52H66N4O9. The van der Waals surface area contributed by atoms with Crippen molar-refractivity contribution >= 4 is 47.5 Å². The van der Waals surface area contributed by atoms with E-state index in [0.717, 1.165) is 65.5 Å². The van der Waals surface area contributed by atoms with Crippen molar-refractivity contribution in [3.05, 3.63) is 126 Å². The van der Waals surface area contributed by atoms with Crippen molar-refractivity contribution in [3.63, 3.8) is 0 Å². The predicted octanol–water partition coefficient (Wildman–Crippen LogP) is 10.4. The number of ketones is 1. The summed E-state index contributed by atoms with van der Waals surface area (Å²) in [5.74, 6) is 1.81. The maximum atomic E-state index is 13.8. The SMILES string of the molecule is C=CC.CC.CCNC=O.COC.COc1cc(/C=C/C(=O)c2c(C)nc3ccccc3c2-c2ccccc2)ccc1OCOCOc1cc(N=CC2CCCN2C=O)c(C)cc1OC. The summed E-state index contributed by atoms with van der Waals surface area (Å²) in [5.41, 5.74) is 6.27. The molecule has 5 aromatic rings. The van der Waals surface area contributed by atoms with Crippen LogP contribution in [0.3, 0.4) is 0 Å². The Hall–Kier alpha value is -6.83. The molecule has 1 unspecified atom stereocenters. The monoisotopic (exact) mass is 890 g/mol. The lowest BCUT2D eigenvalue weighted by Gasteiger charge is -2.16. The van der Waals surface area contributed by atoms with E-state index >= 15 is 0 Å². The summed E-state index contributed by atoms with van der Waals surface area (Å²) >= 11 is 0. The zero-order valence-corrected chi connectivity index (χ0v) is 39.6. The van der Waals surface area contributed by atoms with Crippen LogP contribution in [-0.2, 0) is 19.1 Å². The van der Waals surface area contributed by atoms with Gasteiger partial charge in [0.15, 0.2) is 42.4 Å². The van der Waals surface area contributed by atoms with Gasteiger partial charge >= 0.3 is 0 Å². The van der Waals surface area contributed by atoms with Gasteiger partial charge < -0.3 is 38.6 Å². The molecule has 1 atom stereocenters. The maximum absolute atomic E-state index is 13.8. The number of amides is 2. The van der Waals surface area contributed by atoms with Gasteiger partial charge in [0.1, 0.15) is 0 Å². The van der Waals surface area contributed by atoms with Crippen LogP contribution in [0.25, 0.3) is 28.1 Å². The minimum absolute atomic E-state index is 0.0150. The van der Waals surface area contributed by atoms with Gasteiger partial charge in [-0.25, -0.2) is 0 Å². The topological polar surface area (TPSA) is 147 Å². The van der Waals surface area contributed by atoms with Gasteiger partial charge in [0.2, 0.25) is 12.8 Å². The summed E-state index contributed by atoms with van der Waals surface area (Å²) in [4.78, 5) is 45.5. The van der Waals surface area contributed by atoms with Crippen LogP contribution >= 0.6 is 0 Å². The third kappa shape index (κ3) is 17.0. The fraction of sp³-hybridized carbons (Fsp3) is 0.327. The minimum atomic E-state index is -0.148. The minimum Gasteiger partial charge on any atom is -0.493 e. The van der Waals surface area contributed by atoms with E-state index in [-0.39, 0.29) is 25.4 Å². The largest absolute Gasteiger partial charge is 0.493 e. The molecule has 6 rings (SSSR count). The zero-order chi connectivity index (χ0) is 48.0. The van der Waals surface area contributed by atoms with Crippen molar-refractivity contribution in [3.8, 4) is 34.1 Å². The van der Waals surface area contributed by atoms with Crippen LogP contribution in [0, 0.1) is 13.8 Å². The summed E-state index contributed by atoms with van der Waals surface area (Å²) in [5, 5.41) is 3.35. The molecule has 0 aliphatic carbocycles. The number of allylic oxidation sites excluding steroid dienone is 2. The highest BCUT2D eigenvalue weighted by atomic mass is 16.7. The summed E-state index contributed by atoms with van der Waals surface area (Å²) < 4.78 is 32.7. The first kappa shape index (κ1) is 54.3. The second-order valence-corrected chi connectivity index (χ2v) is 13.8. The van der Waals surface area contributed by atoms with E-state index in [1.54, 1.807) is 69.8 Å². The Morgan fingerprint density at radius 1 is 0.877 bits per heavy atom. The van der Waals surface area contributed by atoms with Gasteiger partial charge in [0, 0.05) is 56.2 Å². The first-order chi connectivity index (χ1) is 31.6. The average molecular weight is 891 g/mol. The van der Waals surface area contributed by atoms with Crippen LogP contribution in [0.5, 0.6) is 23.0 Å². The number of benzene rings is 4. The molecule has 1 aromatic heterocycles. The molecule has 0 bridgehead atoms. The van der Waals surface area contributed by atoms with Crippen molar-refractivity contribution < 1.29 is 42.8 Å². The number of methoxy groups -OCH3 is 3. The number of nitrogens with one attached hydrogen (secondary N) is 1. The molecule has 1 aliphatic heterocycles. The van der Waals surface area contributed by atoms with Crippen LogP contribution in [-0.4, -0.2) is 95.9 Å². The zero-order valence-electron chi connectivity index (χ0n) is 39.6. The Kier molecular flexibility index (Phi) is 26.0. The molecule has 4 aromatic carbocycles. The molecule has 2 amide bonds. The van der Waals surface area contributed by atoms with Gasteiger partial charge in [-0.2, -0.15) is 0 Å². The number of aryl methyl sites for hydroxylation is 2. The summed E-state index contributed by atoms with van der Waals surface area (Å²) in [7, 11) is 6.37. The second-order valence-electron chi connectivity index (χ2n) is 13.8. The molecular weight excluding hydrogens is 825 g/mol. The van der Waals surface area contributed by atoms with Gasteiger partial charge in [-0.3, -0.25) is 24.4 Å². The number of pyridine rings is 1. The number of likely N-dealkylation sites (tertiary alicyclic amines) is 1. The molecule has 1 fully saturated rings. The van der Waals surface area contributed by atoms with Crippen LogP contribution < -0.4 is 24.3 Å². The molecule has 0 saturated carbocycles. The molecule has 13 heteroatoms. The molecule has 348 valence electrons. The number of hydrogen-bond acceptors (Lipinski definition) is 11. The lowest BCUT2D eigenvalue weighted by Crippen LogP contribution is -2.28. The van der Waals surface area contributed by atoms with E-state index in [2.05, 4.69) is 21.6 Å². The molecule has 2 heterocycles. The van der Waals surface area contributed by atoms with Crippen molar-refractivity contribution in [1.82, 2.24) is 15.2 Å². The molecule has 0 radical (unpaired) electrons. The Balaban J connectivity index is 0.000000997. The second kappa shape index (κ2) is 31.1. The number of carbonyl (C=O) groups excluding carboxylic acids is 3. The number of hydrogen-bond donors (Lipinski definition) is 1. The van der Waals surface area contributed by atoms with E-state index < -0.39 is 0 Å². The summed E-state index contributed by atoms with van der Waals surface area (Å²) in [6, 6.07) is 26.8. The van der Waals surface area contributed by atoms with Crippen molar-refractivity contribution in [2.24, 2.45) is 4.99 Å². The Labute approximate surface area is 385 Å². The number of carbonyl (C=O) groups is 3. The van der Waals surface area contributed by atoms with Crippen LogP contribution in [0.15, 0.2) is 109 Å². The fourth-order valence-corrected chi connectivity index (χ4v) is 6.37. The number of aromatic nitrogens is 1. The van der Waals surface area contributed by atoms with Crippen LogP contribution in [0.1, 0.15) is 67.7 Å². The van der Waals surface area contributed by atoms with Crippen LogP contribution in [0.2, 0.25) is 0 Å². The van der Waals surface area contributed by atoms with Crippen molar-refractivity contribution in [2.75, 3.05) is 55.1 Å². The quantitative estimate of drug-likeness (QED) is 0.0182. The van der Waals surface area contributed by atoms with Gasteiger partial charge in [-0.1, -0.05) is 80.6 Å². The fourth-order valence-electron chi connectivity index (χ4n) is 6.37. The lowest BCUT2D eigenvalue weighted by molar-refractivity contribution is -0.117. The van der Waals surface area contributed by atoms with E-state index in [4.69, 9.17) is 28.7 Å². The molecule has 65 heavy (non-hydrogen) atoms. The van der Waals surface area contributed by atoms with Crippen molar-refractivity contribution in [2.45, 2.75) is 60.4 Å². The smallest absolute Gasteiger partial charge is 0.210 e. The van der Waals surface area contributed by atoms with Gasteiger partial charge in [-0.05, 0) is 87.6 Å². The number of nitrogens with zero attached hydrogens (tertiary/aromatic N) is 3. The predicted molar refractivity (Wildman–Crippen MR) is 262 cm³/mol. The van der Waals surface area contributed by atoms with Gasteiger partial charge in [0.25, 0.3) is 0 Å². The third-order valence-electron chi connectivity index (χ3n) is 9.23. The van der Waals surface area contributed by atoms with Crippen molar-refractivity contribution in [1.29, 1.82) is 0 Å². The maximum Gasteiger partial charge on any atom is 0.210 e. The standard InChI is InChI=1S/C42H41N3O7.C3H7NO.C3H6.C2H6O.C2H6/c1-28-21-38(48-3)40(23-35(28)43-24-32-13-10-20-45(32)25-46)52-27-50-26-51-37-19-17-30(22-39(37)49-4)16-18-36(47)41-29(2)44-34-15-9-8-14-33(34)42(41)31-11-6-5-7-12-31;1-2-4-3-5;2*1-3-2;1-2/h5-9,11-12,14-19,21-25,32H,10,13,20,26-27H2,1-4H3;3H,2H2,1H3,(H,4,5);3H,1H2,2H3;1-2H3;1-2H3/b18-16+,43-24?;;;;. The normalized spacial score (nSPS) is 12.5.